The maximum atomic E-state index is 13.5. The van der Waals surface area contributed by atoms with Gasteiger partial charge in [-0.15, -0.1) is 0 Å². The lowest BCUT2D eigenvalue weighted by Gasteiger charge is -2.17. The van der Waals surface area contributed by atoms with E-state index in [2.05, 4.69) is 10.4 Å². The predicted octanol–water partition coefficient (Wildman–Crippen LogP) is 2.50. The number of nitrogens with zero attached hydrogens (tertiary/aromatic N) is 2. The van der Waals surface area contributed by atoms with Crippen molar-refractivity contribution >= 4 is 15.7 Å². The number of hydrogen-bond acceptors (Lipinski definition) is 4. The number of fused-ring (bicyclic) bond motifs is 1. The maximum absolute atomic E-state index is 13.5. The molecule has 150 valence electrons. The molecule has 1 aromatic carbocycles. The van der Waals surface area contributed by atoms with Crippen LogP contribution in [0.25, 0.3) is 0 Å². The van der Waals surface area contributed by atoms with Crippen LogP contribution in [-0.4, -0.2) is 35.6 Å². The summed E-state index contributed by atoms with van der Waals surface area (Å²) in [7, 11) is -3.03. The molecule has 2 aromatic rings. The van der Waals surface area contributed by atoms with Crippen molar-refractivity contribution in [3.05, 3.63) is 52.1 Å². The van der Waals surface area contributed by atoms with Gasteiger partial charge in [0.15, 0.2) is 15.5 Å². The number of carbonyl (C=O) groups excluding carboxylic acids is 1. The van der Waals surface area contributed by atoms with Gasteiger partial charge in [-0.1, -0.05) is 6.07 Å². The molecule has 2 aliphatic rings. The first kappa shape index (κ1) is 19.1. The summed E-state index contributed by atoms with van der Waals surface area (Å²) in [5, 5.41) is 7.41. The Balaban J connectivity index is 1.59. The highest BCUT2D eigenvalue weighted by Gasteiger charge is 2.34. The van der Waals surface area contributed by atoms with Crippen LogP contribution in [-0.2, 0) is 29.2 Å². The molecule has 1 aliphatic carbocycles. The van der Waals surface area contributed by atoms with Crippen LogP contribution >= 0.6 is 0 Å². The summed E-state index contributed by atoms with van der Waals surface area (Å²) in [4.78, 5) is 12.8. The fraction of sp³-hybridized carbons (Fsp3) is 0.500. The molecule has 28 heavy (non-hydrogen) atoms. The fourth-order valence-electron chi connectivity index (χ4n) is 4.17. The lowest BCUT2D eigenvalue weighted by atomic mass is 9.95. The first-order chi connectivity index (χ1) is 13.3. The highest BCUT2D eigenvalue weighted by atomic mass is 32.2. The Morgan fingerprint density at radius 2 is 2.11 bits per heavy atom. The minimum Gasteiger partial charge on any atom is -0.347 e. The summed E-state index contributed by atoms with van der Waals surface area (Å²) < 4.78 is 39.1. The predicted molar refractivity (Wildman–Crippen MR) is 103 cm³/mol. The quantitative estimate of drug-likeness (QED) is 0.847. The summed E-state index contributed by atoms with van der Waals surface area (Å²) in [6.45, 7) is 2.10. The van der Waals surface area contributed by atoms with E-state index in [0.29, 0.717) is 12.1 Å². The van der Waals surface area contributed by atoms with Crippen molar-refractivity contribution in [2.45, 2.75) is 51.6 Å². The van der Waals surface area contributed by atoms with Crippen molar-refractivity contribution in [2.24, 2.45) is 0 Å². The number of aromatic nitrogens is 2. The number of halogens is 1. The van der Waals surface area contributed by atoms with E-state index < -0.39 is 9.84 Å². The number of amides is 1. The molecule has 1 aromatic heterocycles. The molecular weight excluding hydrogens is 381 g/mol. The van der Waals surface area contributed by atoms with Crippen LogP contribution in [0, 0.1) is 12.7 Å². The Labute approximate surface area is 164 Å². The minimum absolute atomic E-state index is 0.0880. The van der Waals surface area contributed by atoms with E-state index in [0.717, 1.165) is 48.1 Å². The Morgan fingerprint density at radius 1 is 1.32 bits per heavy atom. The van der Waals surface area contributed by atoms with E-state index in [1.54, 1.807) is 10.7 Å². The summed E-state index contributed by atoms with van der Waals surface area (Å²) in [5.41, 5.74) is 3.95. The maximum Gasteiger partial charge on any atom is 0.272 e. The number of hydrogen-bond donors (Lipinski definition) is 1. The van der Waals surface area contributed by atoms with Crippen molar-refractivity contribution in [1.82, 2.24) is 15.1 Å². The zero-order valence-electron chi connectivity index (χ0n) is 15.9. The summed E-state index contributed by atoms with van der Waals surface area (Å²) >= 11 is 0. The highest BCUT2D eigenvalue weighted by molar-refractivity contribution is 7.91. The standard InChI is InChI=1S/C20H24FN3O3S/c1-13-6-7-15(21)10-14(13)11-22-20(25)19-17-4-2-3-5-18(17)24(23-19)16-8-9-28(26,27)12-16/h6-7,10,16H,2-5,8-9,11-12H2,1H3,(H,22,25). The molecule has 1 saturated heterocycles. The summed E-state index contributed by atoms with van der Waals surface area (Å²) in [6, 6.07) is 4.32. The Hall–Kier alpha value is -2.22. The van der Waals surface area contributed by atoms with Crippen molar-refractivity contribution < 1.29 is 17.6 Å². The zero-order chi connectivity index (χ0) is 19.9. The summed E-state index contributed by atoms with van der Waals surface area (Å²) in [6.07, 6.45) is 4.14. The first-order valence-electron chi connectivity index (χ1n) is 9.68. The minimum atomic E-state index is -3.03. The smallest absolute Gasteiger partial charge is 0.272 e. The van der Waals surface area contributed by atoms with Crippen LogP contribution < -0.4 is 5.32 Å². The number of rotatable bonds is 4. The molecule has 4 rings (SSSR count). The third kappa shape index (κ3) is 3.70. The monoisotopic (exact) mass is 405 g/mol. The topological polar surface area (TPSA) is 81.1 Å². The second-order valence-electron chi connectivity index (χ2n) is 7.74. The van der Waals surface area contributed by atoms with Crippen molar-refractivity contribution in [3.63, 3.8) is 0 Å². The van der Waals surface area contributed by atoms with E-state index in [-0.39, 0.29) is 35.8 Å². The number of aryl methyl sites for hydroxylation is 1. The molecule has 0 spiro atoms. The molecule has 1 amide bonds. The van der Waals surface area contributed by atoms with Crippen LogP contribution in [0.15, 0.2) is 18.2 Å². The van der Waals surface area contributed by atoms with Gasteiger partial charge in [0, 0.05) is 17.8 Å². The van der Waals surface area contributed by atoms with Gasteiger partial charge in [0.2, 0.25) is 0 Å². The lowest BCUT2D eigenvalue weighted by Crippen LogP contribution is -2.25. The van der Waals surface area contributed by atoms with Crippen LogP contribution in [0.2, 0.25) is 0 Å². The molecule has 0 bridgehead atoms. The first-order valence-corrected chi connectivity index (χ1v) is 11.5. The molecule has 6 nitrogen and oxygen atoms in total. The number of benzene rings is 1. The third-order valence-electron chi connectivity index (χ3n) is 5.73. The van der Waals surface area contributed by atoms with Gasteiger partial charge in [0.1, 0.15) is 5.82 Å². The zero-order valence-corrected chi connectivity index (χ0v) is 16.7. The van der Waals surface area contributed by atoms with E-state index in [4.69, 9.17) is 0 Å². The number of sulfone groups is 1. The second-order valence-corrected chi connectivity index (χ2v) is 9.96. The van der Waals surface area contributed by atoms with Crippen molar-refractivity contribution in [2.75, 3.05) is 11.5 Å². The van der Waals surface area contributed by atoms with Crippen LogP contribution in [0.4, 0.5) is 4.39 Å². The average Bonchev–Trinajstić information content (AvgIpc) is 3.22. The Morgan fingerprint density at radius 3 is 2.86 bits per heavy atom. The fourth-order valence-corrected chi connectivity index (χ4v) is 5.86. The Bertz CT molecular complexity index is 1030. The van der Waals surface area contributed by atoms with Crippen molar-refractivity contribution in [3.8, 4) is 0 Å². The molecule has 1 aliphatic heterocycles. The van der Waals surface area contributed by atoms with Gasteiger partial charge in [-0.2, -0.15) is 5.10 Å². The van der Waals surface area contributed by atoms with Gasteiger partial charge in [-0.3, -0.25) is 9.48 Å². The molecule has 2 heterocycles. The van der Waals surface area contributed by atoms with E-state index in [1.165, 1.54) is 12.1 Å². The molecule has 0 radical (unpaired) electrons. The highest BCUT2D eigenvalue weighted by Crippen LogP contribution is 2.31. The SMILES string of the molecule is Cc1ccc(F)cc1CNC(=O)c1nn(C2CCS(=O)(=O)C2)c2c1CCCC2. The average molecular weight is 405 g/mol. The lowest BCUT2D eigenvalue weighted by molar-refractivity contribution is 0.0943. The second kappa shape index (κ2) is 7.31. The van der Waals surface area contributed by atoms with Crippen LogP contribution in [0.1, 0.15) is 58.2 Å². The van der Waals surface area contributed by atoms with E-state index in [9.17, 15) is 17.6 Å². The molecule has 1 fully saturated rings. The Kier molecular flexibility index (Phi) is 4.99. The van der Waals surface area contributed by atoms with E-state index >= 15 is 0 Å². The van der Waals surface area contributed by atoms with Gasteiger partial charge in [-0.05, 0) is 62.3 Å². The van der Waals surface area contributed by atoms with Gasteiger partial charge in [0.25, 0.3) is 5.91 Å². The molecular formula is C20H24FN3O3S. The van der Waals surface area contributed by atoms with Crippen molar-refractivity contribution in [1.29, 1.82) is 0 Å². The molecule has 8 heteroatoms. The normalized spacial score (nSPS) is 20.7. The van der Waals surface area contributed by atoms with Crippen LogP contribution in [0.5, 0.6) is 0 Å². The van der Waals surface area contributed by atoms with Crippen LogP contribution in [0.3, 0.4) is 0 Å². The molecule has 0 saturated carbocycles. The number of nitrogens with one attached hydrogen (secondary N) is 1. The number of carbonyl (C=O) groups is 1. The van der Waals surface area contributed by atoms with Gasteiger partial charge >= 0.3 is 0 Å². The van der Waals surface area contributed by atoms with Gasteiger partial charge in [-0.25, -0.2) is 12.8 Å². The summed E-state index contributed by atoms with van der Waals surface area (Å²) in [5.74, 6) is -0.363. The van der Waals surface area contributed by atoms with Gasteiger partial charge < -0.3 is 5.32 Å². The van der Waals surface area contributed by atoms with Gasteiger partial charge in [0.05, 0.1) is 17.5 Å². The molecule has 1 N–H and O–H groups in total. The third-order valence-corrected chi connectivity index (χ3v) is 7.48. The van der Waals surface area contributed by atoms with E-state index in [1.807, 2.05) is 6.92 Å². The molecule has 1 atom stereocenters. The molecule has 1 unspecified atom stereocenters. The largest absolute Gasteiger partial charge is 0.347 e.